The number of halogens is 1. The van der Waals surface area contributed by atoms with Crippen molar-refractivity contribution in [3.63, 3.8) is 0 Å². The topological polar surface area (TPSA) is 23.5 Å². The zero-order valence-electron chi connectivity index (χ0n) is 9.56. The highest BCUT2D eigenvalue weighted by Gasteiger charge is 2.26. The summed E-state index contributed by atoms with van der Waals surface area (Å²) in [6, 6.07) is 6.58. The van der Waals surface area contributed by atoms with Crippen LogP contribution in [0.1, 0.15) is 19.3 Å². The van der Waals surface area contributed by atoms with E-state index in [1.165, 1.54) is 12.1 Å². The van der Waals surface area contributed by atoms with Crippen LogP contribution in [0, 0.1) is 11.7 Å². The first-order valence-electron chi connectivity index (χ1n) is 5.81. The smallest absolute Gasteiger partial charge is 0.125 e. The Labute approximate surface area is 95.7 Å². The van der Waals surface area contributed by atoms with Gasteiger partial charge in [-0.15, -0.1) is 0 Å². The van der Waals surface area contributed by atoms with Crippen molar-refractivity contribution in [1.29, 1.82) is 0 Å². The van der Waals surface area contributed by atoms with Gasteiger partial charge in [-0.2, -0.15) is 0 Å². The van der Waals surface area contributed by atoms with Crippen LogP contribution in [-0.2, 0) is 0 Å². The summed E-state index contributed by atoms with van der Waals surface area (Å²) in [6.07, 6.45) is 2.89. The maximum atomic E-state index is 13.0. The van der Waals surface area contributed by atoms with E-state index in [9.17, 15) is 9.50 Å². The molecule has 2 nitrogen and oxygen atoms in total. The molecule has 2 rings (SSSR count). The highest BCUT2D eigenvalue weighted by atomic mass is 19.1. The molecule has 1 aliphatic rings. The Kier molecular flexibility index (Phi) is 3.44. The van der Waals surface area contributed by atoms with Gasteiger partial charge in [0, 0.05) is 25.2 Å². The number of rotatable bonds is 3. The Morgan fingerprint density at radius 3 is 2.88 bits per heavy atom. The second-order valence-corrected chi connectivity index (χ2v) is 4.62. The fraction of sp³-hybridized carbons (Fsp3) is 0.538. The van der Waals surface area contributed by atoms with Gasteiger partial charge < -0.3 is 10.0 Å². The van der Waals surface area contributed by atoms with Crippen molar-refractivity contribution in [1.82, 2.24) is 0 Å². The third-order valence-corrected chi connectivity index (χ3v) is 3.38. The molecule has 3 heteroatoms. The molecule has 0 radical (unpaired) electrons. The zero-order chi connectivity index (χ0) is 11.5. The summed E-state index contributed by atoms with van der Waals surface area (Å²) < 4.78 is 13.0. The molecular weight excluding hydrogens is 205 g/mol. The molecule has 0 saturated heterocycles. The normalized spacial score (nSPS) is 24.7. The predicted octanol–water partition coefficient (Wildman–Crippen LogP) is 2.42. The number of benzene rings is 1. The van der Waals surface area contributed by atoms with Crippen molar-refractivity contribution in [2.75, 3.05) is 18.5 Å². The summed E-state index contributed by atoms with van der Waals surface area (Å²) in [7, 11) is 1.94. The maximum absolute atomic E-state index is 13.0. The fourth-order valence-electron chi connectivity index (χ4n) is 2.40. The van der Waals surface area contributed by atoms with Crippen LogP contribution in [0.3, 0.4) is 0 Å². The molecule has 0 heterocycles. The molecule has 2 unspecified atom stereocenters. The molecule has 1 saturated carbocycles. The molecule has 1 fully saturated rings. The lowest BCUT2D eigenvalue weighted by Gasteiger charge is -2.25. The van der Waals surface area contributed by atoms with Crippen molar-refractivity contribution in [3.05, 3.63) is 30.1 Å². The maximum Gasteiger partial charge on any atom is 0.125 e. The minimum atomic E-state index is -0.212. The summed E-state index contributed by atoms with van der Waals surface area (Å²) in [4.78, 5) is 2.02. The van der Waals surface area contributed by atoms with E-state index >= 15 is 0 Å². The number of nitrogens with zero attached hydrogens (tertiary/aromatic N) is 1. The van der Waals surface area contributed by atoms with Crippen molar-refractivity contribution < 1.29 is 9.50 Å². The largest absolute Gasteiger partial charge is 0.393 e. The molecule has 0 amide bonds. The molecule has 1 N–H and O–H groups in total. The van der Waals surface area contributed by atoms with Gasteiger partial charge in [0.2, 0.25) is 0 Å². The molecule has 1 aromatic rings. The van der Waals surface area contributed by atoms with E-state index in [-0.39, 0.29) is 11.9 Å². The number of aliphatic hydroxyl groups excluding tert-OH is 1. The van der Waals surface area contributed by atoms with E-state index in [4.69, 9.17) is 0 Å². The monoisotopic (exact) mass is 223 g/mol. The van der Waals surface area contributed by atoms with Crippen LogP contribution >= 0.6 is 0 Å². The lowest BCUT2D eigenvalue weighted by molar-refractivity contribution is 0.136. The molecular formula is C13H18FNO. The van der Waals surface area contributed by atoms with Crippen LogP contribution < -0.4 is 4.90 Å². The molecule has 0 bridgehead atoms. The minimum Gasteiger partial charge on any atom is -0.393 e. The van der Waals surface area contributed by atoms with Crippen LogP contribution in [0.15, 0.2) is 24.3 Å². The van der Waals surface area contributed by atoms with Gasteiger partial charge in [-0.1, -0.05) is 12.5 Å². The second-order valence-electron chi connectivity index (χ2n) is 4.62. The van der Waals surface area contributed by atoms with Crippen molar-refractivity contribution in [3.8, 4) is 0 Å². The van der Waals surface area contributed by atoms with Gasteiger partial charge in [-0.3, -0.25) is 0 Å². The lowest BCUT2D eigenvalue weighted by Crippen LogP contribution is -2.29. The average molecular weight is 223 g/mol. The Balaban J connectivity index is 1.99. The Bertz CT molecular complexity index is 356. The SMILES string of the molecule is CN(CC1CCCC1O)c1cccc(F)c1. The van der Waals surface area contributed by atoms with Crippen LogP contribution in [0.2, 0.25) is 0 Å². The van der Waals surface area contributed by atoms with Gasteiger partial charge in [0.15, 0.2) is 0 Å². The van der Waals surface area contributed by atoms with Gasteiger partial charge >= 0.3 is 0 Å². The Morgan fingerprint density at radius 1 is 1.44 bits per heavy atom. The average Bonchev–Trinajstić information content (AvgIpc) is 2.64. The number of hydrogen-bond acceptors (Lipinski definition) is 2. The third-order valence-electron chi connectivity index (χ3n) is 3.38. The highest BCUT2D eigenvalue weighted by Crippen LogP contribution is 2.27. The van der Waals surface area contributed by atoms with E-state index in [2.05, 4.69) is 0 Å². The summed E-state index contributed by atoms with van der Waals surface area (Å²) in [5.41, 5.74) is 0.874. The van der Waals surface area contributed by atoms with E-state index < -0.39 is 0 Å². The van der Waals surface area contributed by atoms with Gasteiger partial charge in [0.05, 0.1) is 6.10 Å². The summed E-state index contributed by atoms with van der Waals surface area (Å²) in [5, 5.41) is 9.74. The first kappa shape index (κ1) is 11.4. The lowest BCUT2D eigenvalue weighted by atomic mass is 10.1. The molecule has 1 aromatic carbocycles. The summed E-state index contributed by atoms with van der Waals surface area (Å²) in [6.45, 7) is 0.796. The van der Waals surface area contributed by atoms with Crippen LogP contribution in [0.5, 0.6) is 0 Å². The van der Waals surface area contributed by atoms with E-state index in [0.717, 1.165) is 31.5 Å². The third kappa shape index (κ3) is 2.53. The fourth-order valence-corrected chi connectivity index (χ4v) is 2.40. The van der Waals surface area contributed by atoms with Crippen molar-refractivity contribution >= 4 is 5.69 Å². The Morgan fingerprint density at radius 2 is 2.25 bits per heavy atom. The Hall–Kier alpha value is -1.09. The van der Waals surface area contributed by atoms with Crippen LogP contribution in [0.25, 0.3) is 0 Å². The molecule has 1 aliphatic carbocycles. The standard InChI is InChI=1S/C13H18FNO/c1-15(9-10-4-2-7-13(10)16)12-6-3-5-11(14)8-12/h3,5-6,8,10,13,16H,2,4,7,9H2,1H3. The van der Waals surface area contributed by atoms with Gasteiger partial charge in [-0.05, 0) is 31.0 Å². The first-order valence-corrected chi connectivity index (χ1v) is 5.81. The molecule has 16 heavy (non-hydrogen) atoms. The van der Waals surface area contributed by atoms with Gasteiger partial charge in [0.25, 0.3) is 0 Å². The van der Waals surface area contributed by atoms with Crippen molar-refractivity contribution in [2.45, 2.75) is 25.4 Å². The van der Waals surface area contributed by atoms with Crippen molar-refractivity contribution in [2.24, 2.45) is 5.92 Å². The minimum absolute atomic E-state index is 0.184. The number of anilines is 1. The first-order chi connectivity index (χ1) is 7.66. The predicted molar refractivity (Wildman–Crippen MR) is 63.0 cm³/mol. The summed E-state index contributed by atoms with van der Waals surface area (Å²) in [5.74, 6) is 0.115. The van der Waals surface area contributed by atoms with E-state index in [0.29, 0.717) is 5.92 Å². The summed E-state index contributed by atoms with van der Waals surface area (Å²) >= 11 is 0. The molecule has 0 spiro atoms. The van der Waals surface area contributed by atoms with Crippen LogP contribution in [-0.4, -0.2) is 24.8 Å². The second kappa shape index (κ2) is 4.83. The van der Waals surface area contributed by atoms with Gasteiger partial charge in [-0.25, -0.2) is 4.39 Å². The zero-order valence-corrected chi connectivity index (χ0v) is 9.56. The molecule has 88 valence electrons. The highest BCUT2D eigenvalue weighted by molar-refractivity contribution is 5.45. The molecule has 0 aliphatic heterocycles. The van der Waals surface area contributed by atoms with E-state index in [1.54, 1.807) is 6.07 Å². The van der Waals surface area contributed by atoms with Gasteiger partial charge in [0.1, 0.15) is 5.82 Å². The number of aliphatic hydroxyl groups is 1. The molecule has 2 atom stereocenters. The quantitative estimate of drug-likeness (QED) is 0.850. The van der Waals surface area contributed by atoms with Crippen LogP contribution in [0.4, 0.5) is 10.1 Å². The number of hydrogen-bond donors (Lipinski definition) is 1. The van der Waals surface area contributed by atoms with E-state index in [1.807, 2.05) is 18.0 Å². The molecule has 0 aromatic heterocycles.